The molecule has 0 spiro atoms. The first-order valence-corrected chi connectivity index (χ1v) is 7.94. The number of nitrogens with one attached hydrogen (secondary N) is 1. The van der Waals surface area contributed by atoms with Crippen molar-refractivity contribution >= 4 is 17.5 Å². The number of carbonyl (C=O) groups is 1. The van der Waals surface area contributed by atoms with E-state index in [-0.39, 0.29) is 5.91 Å². The van der Waals surface area contributed by atoms with Gasteiger partial charge in [-0.25, -0.2) is 0 Å². The van der Waals surface area contributed by atoms with E-state index in [1.807, 2.05) is 43.3 Å². The van der Waals surface area contributed by atoms with Crippen LogP contribution in [-0.2, 0) is 6.42 Å². The number of hydrogen-bond donors (Lipinski definition) is 1. The summed E-state index contributed by atoms with van der Waals surface area (Å²) < 4.78 is 11.0. The quantitative estimate of drug-likeness (QED) is 0.934. The summed E-state index contributed by atoms with van der Waals surface area (Å²) in [5.41, 5.74) is 2.80. The van der Waals surface area contributed by atoms with Crippen LogP contribution in [0.3, 0.4) is 0 Å². The Morgan fingerprint density at radius 2 is 1.91 bits per heavy atom. The van der Waals surface area contributed by atoms with Crippen LogP contribution in [0.15, 0.2) is 36.4 Å². The van der Waals surface area contributed by atoms with E-state index in [2.05, 4.69) is 5.32 Å². The predicted molar refractivity (Wildman–Crippen MR) is 89.7 cm³/mol. The van der Waals surface area contributed by atoms with E-state index >= 15 is 0 Å². The van der Waals surface area contributed by atoms with Gasteiger partial charge in [-0.1, -0.05) is 29.3 Å². The van der Waals surface area contributed by atoms with Crippen LogP contribution in [-0.4, -0.2) is 25.7 Å². The Morgan fingerprint density at radius 1 is 1.17 bits per heavy atom. The highest BCUT2D eigenvalue weighted by Gasteiger charge is 2.16. The zero-order valence-corrected chi connectivity index (χ0v) is 13.7. The van der Waals surface area contributed by atoms with Crippen LogP contribution in [0.2, 0.25) is 5.02 Å². The number of ether oxygens (including phenoxy) is 2. The van der Waals surface area contributed by atoms with Crippen molar-refractivity contribution in [2.75, 3.05) is 19.8 Å². The zero-order valence-electron chi connectivity index (χ0n) is 12.9. The fourth-order valence-corrected chi connectivity index (χ4v) is 2.72. The van der Waals surface area contributed by atoms with Gasteiger partial charge >= 0.3 is 0 Å². The third-order valence-electron chi connectivity index (χ3n) is 3.67. The molecule has 1 amide bonds. The van der Waals surface area contributed by atoms with E-state index in [1.54, 1.807) is 0 Å². The monoisotopic (exact) mass is 331 g/mol. The molecule has 5 heteroatoms. The lowest BCUT2D eigenvalue weighted by Gasteiger charge is -2.20. The SMILES string of the molecule is Cc1ccc(C(=O)NCCc2cc(Cl)c3c(c2)OCCO3)cc1. The maximum Gasteiger partial charge on any atom is 0.251 e. The predicted octanol–water partition coefficient (Wildman–Crippen LogP) is 3.39. The van der Waals surface area contributed by atoms with Crippen molar-refractivity contribution in [1.82, 2.24) is 5.32 Å². The van der Waals surface area contributed by atoms with E-state index in [0.29, 0.717) is 48.3 Å². The van der Waals surface area contributed by atoms with Gasteiger partial charge in [-0.15, -0.1) is 0 Å². The second kappa shape index (κ2) is 6.92. The zero-order chi connectivity index (χ0) is 16.2. The highest BCUT2D eigenvalue weighted by molar-refractivity contribution is 6.32. The number of carbonyl (C=O) groups excluding carboxylic acids is 1. The first-order chi connectivity index (χ1) is 11.1. The smallest absolute Gasteiger partial charge is 0.251 e. The molecule has 0 unspecified atom stereocenters. The summed E-state index contributed by atoms with van der Waals surface area (Å²) in [6, 6.07) is 11.3. The van der Waals surface area contributed by atoms with E-state index in [0.717, 1.165) is 11.1 Å². The van der Waals surface area contributed by atoms with Crippen LogP contribution < -0.4 is 14.8 Å². The number of amides is 1. The first-order valence-electron chi connectivity index (χ1n) is 7.56. The molecule has 0 atom stereocenters. The van der Waals surface area contributed by atoms with E-state index < -0.39 is 0 Å². The number of fused-ring (bicyclic) bond motifs is 1. The fraction of sp³-hybridized carbons (Fsp3) is 0.278. The topological polar surface area (TPSA) is 47.6 Å². The van der Waals surface area contributed by atoms with Gasteiger partial charge < -0.3 is 14.8 Å². The van der Waals surface area contributed by atoms with Gasteiger partial charge in [0.1, 0.15) is 13.2 Å². The molecule has 0 fully saturated rings. The molecule has 2 aromatic carbocycles. The Hall–Kier alpha value is -2.20. The average Bonchev–Trinajstić information content (AvgIpc) is 2.55. The van der Waals surface area contributed by atoms with Crippen LogP contribution in [0.1, 0.15) is 21.5 Å². The van der Waals surface area contributed by atoms with Gasteiger partial charge in [-0.3, -0.25) is 4.79 Å². The maximum atomic E-state index is 12.1. The van der Waals surface area contributed by atoms with E-state index in [9.17, 15) is 4.79 Å². The number of benzene rings is 2. The molecule has 0 radical (unpaired) electrons. The van der Waals surface area contributed by atoms with E-state index in [4.69, 9.17) is 21.1 Å². The molecule has 2 aromatic rings. The summed E-state index contributed by atoms with van der Waals surface area (Å²) in [5.74, 6) is 1.20. The van der Waals surface area contributed by atoms with Gasteiger partial charge in [-0.05, 0) is 43.2 Å². The van der Waals surface area contributed by atoms with Crippen molar-refractivity contribution in [2.45, 2.75) is 13.3 Å². The molecule has 0 bridgehead atoms. The molecule has 0 aromatic heterocycles. The van der Waals surface area contributed by atoms with Crippen LogP contribution >= 0.6 is 11.6 Å². The highest BCUT2D eigenvalue weighted by Crippen LogP contribution is 2.38. The number of rotatable bonds is 4. The average molecular weight is 332 g/mol. The third kappa shape index (κ3) is 3.77. The molecular formula is C18H18ClNO3. The lowest BCUT2D eigenvalue weighted by Crippen LogP contribution is -2.25. The summed E-state index contributed by atoms with van der Waals surface area (Å²) in [6.07, 6.45) is 0.675. The molecule has 120 valence electrons. The number of aryl methyl sites for hydroxylation is 1. The van der Waals surface area contributed by atoms with Crippen LogP contribution in [0.25, 0.3) is 0 Å². The summed E-state index contributed by atoms with van der Waals surface area (Å²) in [5, 5.41) is 3.46. The largest absolute Gasteiger partial charge is 0.486 e. The Balaban J connectivity index is 1.59. The Morgan fingerprint density at radius 3 is 2.70 bits per heavy atom. The molecule has 3 rings (SSSR count). The molecule has 1 heterocycles. The van der Waals surface area contributed by atoms with Gasteiger partial charge in [0.15, 0.2) is 11.5 Å². The normalized spacial score (nSPS) is 12.8. The summed E-state index contributed by atoms with van der Waals surface area (Å²) in [7, 11) is 0. The van der Waals surface area contributed by atoms with E-state index in [1.165, 1.54) is 0 Å². The van der Waals surface area contributed by atoms with Crippen molar-refractivity contribution in [3.05, 3.63) is 58.1 Å². The molecule has 1 aliphatic heterocycles. The van der Waals surface area contributed by atoms with Crippen molar-refractivity contribution in [3.8, 4) is 11.5 Å². The highest BCUT2D eigenvalue weighted by atomic mass is 35.5. The van der Waals surface area contributed by atoms with Gasteiger partial charge in [-0.2, -0.15) is 0 Å². The number of halogens is 1. The van der Waals surface area contributed by atoms with Gasteiger partial charge in [0.25, 0.3) is 5.91 Å². The minimum absolute atomic E-state index is 0.0753. The van der Waals surface area contributed by atoms with Crippen molar-refractivity contribution < 1.29 is 14.3 Å². The molecular weight excluding hydrogens is 314 g/mol. The molecule has 0 saturated carbocycles. The van der Waals surface area contributed by atoms with Gasteiger partial charge in [0.2, 0.25) is 0 Å². The van der Waals surface area contributed by atoms with Crippen LogP contribution in [0, 0.1) is 6.92 Å². The van der Waals surface area contributed by atoms with Gasteiger partial charge in [0.05, 0.1) is 5.02 Å². The summed E-state index contributed by atoms with van der Waals surface area (Å²) >= 11 is 6.21. The van der Waals surface area contributed by atoms with Crippen molar-refractivity contribution in [1.29, 1.82) is 0 Å². The minimum atomic E-state index is -0.0753. The van der Waals surface area contributed by atoms with Crippen molar-refractivity contribution in [2.24, 2.45) is 0 Å². The van der Waals surface area contributed by atoms with Crippen LogP contribution in [0.4, 0.5) is 0 Å². The second-order valence-electron chi connectivity index (χ2n) is 5.47. The Bertz CT molecular complexity index is 713. The molecule has 0 aliphatic carbocycles. The molecule has 1 N–H and O–H groups in total. The number of hydrogen-bond acceptors (Lipinski definition) is 3. The Labute approximate surface area is 140 Å². The fourth-order valence-electron chi connectivity index (χ4n) is 2.44. The molecule has 1 aliphatic rings. The second-order valence-corrected chi connectivity index (χ2v) is 5.88. The summed E-state index contributed by atoms with van der Waals surface area (Å²) in [6.45, 7) is 3.56. The Kier molecular flexibility index (Phi) is 4.72. The van der Waals surface area contributed by atoms with Crippen molar-refractivity contribution in [3.63, 3.8) is 0 Å². The first kappa shape index (κ1) is 15.7. The maximum absolute atomic E-state index is 12.1. The minimum Gasteiger partial charge on any atom is -0.486 e. The molecule has 23 heavy (non-hydrogen) atoms. The molecule has 0 saturated heterocycles. The molecule has 4 nitrogen and oxygen atoms in total. The van der Waals surface area contributed by atoms with Crippen LogP contribution in [0.5, 0.6) is 11.5 Å². The lowest BCUT2D eigenvalue weighted by atomic mass is 10.1. The summed E-state index contributed by atoms with van der Waals surface area (Å²) in [4.78, 5) is 12.1. The van der Waals surface area contributed by atoms with Gasteiger partial charge in [0, 0.05) is 12.1 Å². The standard InChI is InChI=1S/C18H18ClNO3/c1-12-2-4-14(5-3-12)18(21)20-7-6-13-10-15(19)17-16(11-13)22-8-9-23-17/h2-5,10-11H,6-9H2,1H3,(H,20,21). The third-order valence-corrected chi connectivity index (χ3v) is 3.95. The lowest BCUT2D eigenvalue weighted by molar-refractivity contribution is 0.0954.